The molecule has 1 atom stereocenters. The number of nitrogens with zero attached hydrogens (tertiary/aromatic N) is 2. The van der Waals surface area contributed by atoms with Gasteiger partial charge < -0.3 is 15.2 Å². The van der Waals surface area contributed by atoms with Gasteiger partial charge in [0.25, 0.3) is 24.2 Å². The average molecular weight is 649 g/mol. The quantitative estimate of drug-likeness (QED) is 0.201. The summed E-state index contributed by atoms with van der Waals surface area (Å²) in [6.45, 7) is -0.769. The first kappa shape index (κ1) is 31.2. The molecule has 0 bridgehead atoms. The molecule has 4 aromatic rings. The van der Waals surface area contributed by atoms with Crippen molar-refractivity contribution in [1.82, 2.24) is 20.2 Å². The zero-order valence-corrected chi connectivity index (χ0v) is 23.7. The Labute approximate surface area is 256 Å². The fourth-order valence-electron chi connectivity index (χ4n) is 6.12. The molecule has 2 N–H and O–H groups in total. The van der Waals surface area contributed by atoms with Crippen molar-refractivity contribution in [2.24, 2.45) is 0 Å². The number of aromatic nitrogens is 2. The number of benzene rings is 2. The number of fused-ring (bicyclic) bond motifs is 2. The van der Waals surface area contributed by atoms with Gasteiger partial charge >= 0.3 is 0 Å². The summed E-state index contributed by atoms with van der Waals surface area (Å²) < 4.78 is 115. The predicted octanol–water partition coefficient (Wildman–Crippen LogP) is 7.09. The van der Waals surface area contributed by atoms with Gasteiger partial charge in [0.15, 0.2) is 0 Å². The molecule has 2 aromatic heterocycles. The molecule has 0 fully saturated rings. The van der Waals surface area contributed by atoms with E-state index < -0.39 is 78.1 Å². The molecule has 0 spiro atoms. The first-order valence-corrected chi connectivity index (χ1v) is 14.1. The molecule has 14 heteroatoms. The monoisotopic (exact) mass is 648 g/mol. The van der Waals surface area contributed by atoms with E-state index in [4.69, 9.17) is 0 Å². The summed E-state index contributed by atoms with van der Waals surface area (Å²) >= 11 is 0. The van der Waals surface area contributed by atoms with E-state index in [1.807, 2.05) is 0 Å². The Hall–Kier alpha value is -4.75. The number of carbonyl (C=O) groups excluding carboxylic acids is 2. The summed E-state index contributed by atoms with van der Waals surface area (Å²) in [4.78, 5) is 29.9. The van der Waals surface area contributed by atoms with Crippen LogP contribution in [0.2, 0.25) is 0 Å². The lowest BCUT2D eigenvalue weighted by Crippen LogP contribution is -2.36. The number of pyridine rings is 1. The van der Waals surface area contributed by atoms with Gasteiger partial charge in [-0.1, -0.05) is 12.1 Å². The largest absolute Gasteiger partial charge is 0.348 e. The van der Waals surface area contributed by atoms with Gasteiger partial charge in [0.1, 0.15) is 18.2 Å². The van der Waals surface area contributed by atoms with Crippen molar-refractivity contribution >= 4 is 11.8 Å². The van der Waals surface area contributed by atoms with Crippen molar-refractivity contribution in [2.75, 3.05) is 0 Å². The molecule has 0 saturated carbocycles. The first-order chi connectivity index (χ1) is 21.7. The van der Waals surface area contributed by atoms with E-state index in [1.165, 1.54) is 6.20 Å². The number of carbonyl (C=O) groups is 2. The number of hydrogen-bond donors (Lipinski definition) is 2. The minimum absolute atomic E-state index is 0.0904. The maximum absolute atomic E-state index is 14.9. The molecular formula is C32H24F8N4O2. The van der Waals surface area contributed by atoms with Gasteiger partial charge in [0.2, 0.25) is 5.91 Å². The van der Waals surface area contributed by atoms with E-state index in [0.29, 0.717) is 39.1 Å². The Morgan fingerprint density at radius 2 is 1.70 bits per heavy atom. The van der Waals surface area contributed by atoms with Crippen LogP contribution in [0.4, 0.5) is 35.1 Å². The lowest BCUT2D eigenvalue weighted by atomic mass is 9.88. The first-order valence-electron chi connectivity index (χ1n) is 14.1. The topological polar surface area (TPSA) is 76.0 Å². The van der Waals surface area contributed by atoms with Crippen LogP contribution in [0, 0.1) is 11.6 Å². The van der Waals surface area contributed by atoms with Gasteiger partial charge in [-0.2, -0.15) is 8.78 Å². The third-order valence-electron chi connectivity index (χ3n) is 8.09. The standard InChI is InChI=1S/C32H24F8N4O2/c33-19-8-16(9-20(34)12-19)10-24(27-21(2-1-7-41-27)17-3-4-22-18(11-17)13-42-30(22)46)43-25(45)15-44-14-23(29(35)36)26-28(44)32(39,40)6-5-31(26,37)38/h1-4,7-9,11-12,14,24,29H,5-6,10,13,15H2,(H,42,46)(H,43,45)/t24-/m0/s1. The predicted molar refractivity (Wildman–Crippen MR) is 148 cm³/mol. The number of hydrogen-bond acceptors (Lipinski definition) is 3. The van der Waals surface area contributed by atoms with Crippen LogP contribution in [0.1, 0.15) is 69.3 Å². The van der Waals surface area contributed by atoms with Crippen molar-refractivity contribution in [2.45, 2.75) is 56.7 Å². The van der Waals surface area contributed by atoms with E-state index in [0.717, 1.165) is 12.1 Å². The summed E-state index contributed by atoms with van der Waals surface area (Å²) in [6, 6.07) is 9.76. The number of amides is 2. The maximum atomic E-state index is 14.9. The van der Waals surface area contributed by atoms with Crippen LogP contribution in [-0.2, 0) is 36.1 Å². The van der Waals surface area contributed by atoms with Crippen LogP contribution in [-0.4, -0.2) is 21.4 Å². The molecule has 1 aliphatic carbocycles. The van der Waals surface area contributed by atoms with Crippen molar-refractivity contribution in [3.63, 3.8) is 0 Å². The van der Waals surface area contributed by atoms with E-state index in [1.54, 1.807) is 30.3 Å². The third kappa shape index (κ3) is 5.83. The minimum Gasteiger partial charge on any atom is -0.348 e. The van der Waals surface area contributed by atoms with Crippen LogP contribution in [0.3, 0.4) is 0 Å². The molecular weight excluding hydrogens is 624 g/mol. The van der Waals surface area contributed by atoms with E-state index in [-0.39, 0.29) is 30.1 Å². The highest BCUT2D eigenvalue weighted by Crippen LogP contribution is 2.53. The van der Waals surface area contributed by atoms with Gasteiger partial charge in [0.05, 0.1) is 23.0 Å². The maximum Gasteiger partial charge on any atom is 0.288 e. The average Bonchev–Trinajstić information content (AvgIpc) is 3.56. The summed E-state index contributed by atoms with van der Waals surface area (Å²) in [5, 5.41) is 5.28. The molecule has 1 aliphatic heterocycles. The zero-order valence-electron chi connectivity index (χ0n) is 23.7. The summed E-state index contributed by atoms with van der Waals surface area (Å²) in [5.74, 6) is -11.0. The second-order valence-corrected chi connectivity index (χ2v) is 11.2. The minimum atomic E-state index is -3.96. The Kier molecular flexibility index (Phi) is 7.85. The smallest absolute Gasteiger partial charge is 0.288 e. The fraction of sp³-hybridized carbons (Fsp3) is 0.281. The molecule has 2 aromatic carbocycles. The highest BCUT2D eigenvalue weighted by atomic mass is 19.3. The van der Waals surface area contributed by atoms with Crippen molar-refractivity contribution in [3.8, 4) is 11.1 Å². The van der Waals surface area contributed by atoms with Gasteiger partial charge in [-0.05, 0) is 53.4 Å². The molecule has 2 aliphatic rings. The molecule has 240 valence electrons. The lowest BCUT2D eigenvalue weighted by molar-refractivity contribution is -0.123. The summed E-state index contributed by atoms with van der Waals surface area (Å²) in [6.07, 6.45) is -4.59. The van der Waals surface area contributed by atoms with Crippen molar-refractivity contribution in [1.29, 1.82) is 0 Å². The Morgan fingerprint density at radius 3 is 2.41 bits per heavy atom. The molecule has 0 saturated heterocycles. The molecule has 3 heterocycles. The zero-order chi connectivity index (χ0) is 33.0. The van der Waals surface area contributed by atoms with E-state index >= 15 is 0 Å². The normalized spacial score (nSPS) is 16.9. The summed E-state index contributed by atoms with van der Waals surface area (Å²) in [5.41, 5.74) is -1.68. The molecule has 0 unspecified atom stereocenters. The lowest BCUT2D eigenvalue weighted by Gasteiger charge is -2.31. The Morgan fingerprint density at radius 1 is 0.978 bits per heavy atom. The second kappa shape index (κ2) is 11.6. The Bertz CT molecular complexity index is 1840. The van der Waals surface area contributed by atoms with Crippen LogP contribution in [0.5, 0.6) is 0 Å². The van der Waals surface area contributed by atoms with E-state index in [2.05, 4.69) is 15.6 Å². The van der Waals surface area contributed by atoms with Crippen LogP contribution >= 0.6 is 0 Å². The molecule has 2 amide bonds. The molecule has 6 nitrogen and oxygen atoms in total. The van der Waals surface area contributed by atoms with Gasteiger partial charge in [-0.25, -0.2) is 26.3 Å². The summed E-state index contributed by atoms with van der Waals surface area (Å²) in [7, 11) is 0. The number of halogens is 8. The fourth-order valence-corrected chi connectivity index (χ4v) is 6.12. The Balaban J connectivity index is 1.39. The molecule has 6 rings (SSSR count). The number of rotatable bonds is 8. The molecule has 46 heavy (non-hydrogen) atoms. The van der Waals surface area contributed by atoms with Crippen LogP contribution in [0.25, 0.3) is 11.1 Å². The van der Waals surface area contributed by atoms with Gasteiger partial charge in [-0.15, -0.1) is 0 Å². The molecule has 0 radical (unpaired) electrons. The van der Waals surface area contributed by atoms with Crippen LogP contribution in [0.15, 0.2) is 60.9 Å². The van der Waals surface area contributed by atoms with Crippen molar-refractivity contribution < 1.29 is 44.7 Å². The van der Waals surface area contributed by atoms with Crippen molar-refractivity contribution in [3.05, 3.63) is 112 Å². The highest BCUT2D eigenvalue weighted by molar-refractivity contribution is 5.99. The van der Waals surface area contributed by atoms with Gasteiger partial charge in [0, 0.05) is 54.5 Å². The van der Waals surface area contributed by atoms with E-state index in [9.17, 15) is 44.7 Å². The number of nitrogens with one attached hydrogen (secondary N) is 2. The highest BCUT2D eigenvalue weighted by Gasteiger charge is 2.54. The van der Waals surface area contributed by atoms with Crippen LogP contribution < -0.4 is 10.6 Å². The second-order valence-electron chi connectivity index (χ2n) is 11.2. The SMILES string of the molecule is O=C(Cn1cc(C(F)F)c2c1C(F)(F)CCC2(F)F)N[C@@H](Cc1cc(F)cc(F)c1)c1ncccc1-c1ccc2c(c1)CNC2=O. The number of alkyl halides is 6. The third-order valence-corrected chi connectivity index (χ3v) is 8.09. The van der Waals surface area contributed by atoms with Gasteiger partial charge in [-0.3, -0.25) is 14.6 Å².